The molecule has 23 heavy (non-hydrogen) atoms. The maximum absolute atomic E-state index is 6.16. The molecule has 2 aromatic heterocycles. The molecule has 0 amide bonds. The predicted octanol–water partition coefficient (Wildman–Crippen LogP) is 5.05. The summed E-state index contributed by atoms with van der Waals surface area (Å²) in [5.41, 5.74) is 4.89. The van der Waals surface area contributed by atoms with E-state index in [0.717, 1.165) is 33.5 Å². The number of rotatable bonds is 2. The molecule has 2 aromatic carbocycles. The average Bonchev–Trinajstić information content (AvgIpc) is 3.00. The first-order valence-corrected chi connectivity index (χ1v) is 7.75. The van der Waals surface area contributed by atoms with Gasteiger partial charge in [-0.05, 0) is 31.2 Å². The van der Waals surface area contributed by atoms with Gasteiger partial charge >= 0.3 is 0 Å². The summed E-state index contributed by atoms with van der Waals surface area (Å²) in [4.78, 5) is 9.12. The summed E-state index contributed by atoms with van der Waals surface area (Å²) in [6.07, 6.45) is 3.84. The van der Waals surface area contributed by atoms with E-state index in [-0.39, 0.29) is 0 Å². The molecule has 4 heteroatoms. The summed E-state index contributed by atoms with van der Waals surface area (Å²) in [5.74, 6) is 0. The van der Waals surface area contributed by atoms with Gasteiger partial charge in [0.15, 0.2) is 0 Å². The summed E-state index contributed by atoms with van der Waals surface area (Å²) in [6.45, 7) is 1.98. The van der Waals surface area contributed by atoms with Crippen LogP contribution >= 0.6 is 11.6 Å². The Labute approximate surface area is 139 Å². The summed E-state index contributed by atoms with van der Waals surface area (Å²) in [7, 11) is 0. The minimum Gasteiger partial charge on any atom is -0.305 e. The van der Waals surface area contributed by atoms with Gasteiger partial charge in [0.1, 0.15) is 0 Å². The van der Waals surface area contributed by atoms with E-state index >= 15 is 0 Å². The zero-order valence-electron chi connectivity index (χ0n) is 12.6. The van der Waals surface area contributed by atoms with E-state index in [1.54, 1.807) is 0 Å². The van der Waals surface area contributed by atoms with Crippen molar-refractivity contribution in [1.29, 1.82) is 0 Å². The van der Waals surface area contributed by atoms with Crippen molar-refractivity contribution in [3.05, 3.63) is 77.8 Å². The number of aromatic nitrogens is 3. The topological polar surface area (TPSA) is 30.7 Å². The Balaban J connectivity index is 2.03. The smallest absolute Gasteiger partial charge is 0.0995 e. The molecule has 4 rings (SSSR count). The molecule has 0 N–H and O–H groups in total. The van der Waals surface area contributed by atoms with Crippen LogP contribution in [-0.2, 0) is 0 Å². The molecule has 0 saturated heterocycles. The van der Waals surface area contributed by atoms with Crippen molar-refractivity contribution in [2.45, 2.75) is 6.92 Å². The molecule has 112 valence electrons. The molecular weight excluding hydrogens is 306 g/mol. The standard InChI is InChI=1S/C19H14ClN3/c1-13-11-23(12-21-13)19-10-17(14-5-3-2-4-6-14)22-18-9-15(20)7-8-16(18)19/h2-12H,1H3. The number of nitrogens with zero attached hydrogens (tertiary/aromatic N) is 3. The third-order valence-corrected chi connectivity index (χ3v) is 4.04. The average molecular weight is 320 g/mol. The molecule has 0 saturated carbocycles. The number of imidazole rings is 1. The Morgan fingerprint density at radius 1 is 1.00 bits per heavy atom. The van der Waals surface area contributed by atoms with Gasteiger partial charge in [0.05, 0.1) is 28.9 Å². The van der Waals surface area contributed by atoms with Gasteiger partial charge in [-0.3, -0.25) is 0 Å². The molecule has 0 unspecified atom stereocenters. The summed E-state index contributed by atoms with van der Waals surface area (Å²) >= 11 is 6.16. The largest absolute Gasteiger partial charge is 0.305 e. The molecule has 0 aliphatic rings. The Hall–Kier alpha value is -2.65. The van der Waals surface area contributed by atoms with Gasteiger partial charge in [-0.15, -0.1) is 0 Å². The fourth-order valence-electron chi connectivity index (χ4n) is 2.71. The van der Waals surface area contributed by atoms with Gasteiger partial charge in [0.2, 0.25) is 0 Å². The van der Waals surface area contributed by atoms with Crippen molar-refractivity contribution in [3.63, 3.8) is 0 Å². The Kier molecular flexibility index (Phi) is 3.36. The second-order valence-electron chi connectivity index (χ2n) is 5.48. The zero-order chi connectivity index (χ0) is 15.8. The highest BCUT2D eigenvalue weighted by Crippen LogP contribution is 2.29. The van der Waals surface area contributed by atoms with E-state index in [1.807, 2.05) is 60.4 Å². The summed E-state index contributed by atoms with van der Waals surface area (Å²) in [5, 5.41) is 1.73. The van der Waals surface area contributed by atoms with E-state index in [2.05, 4.69) is 23.2 Å². The number of hydrogen-bond donors (Lipinski definition) is 0. The second kappa shape index (κ2) is 5.52. The molecule has 0 aliphatic carbocycles. The van der Waals surface area contributed by atoms with E-state index in [1.165, 1.54) is 0 Å². The van der Waals surface area contributed by atoms with Crippen LogP contribution in [0.1, 0.15) is 5.69 Å². The maximum atomic E-state index is 6.16. The van der Waals surface area contributed by atoms with E-state index in [4.69, 9.17) is 16.6 Å². The maximum Gasteiger partial charge on any atom is 0.0995 e. The first-order valence-electron chi connectivity index (χ1n) is 7.37. The Bertz CT molecular complexity index is 990. The lowest BCUT2D eigenvalue weighted by molar-refractivity contribution is 1.06. The molecular formula is C19H14ClN3. The molecule has 0 atom stereocenters. The number of hydrogen-bond acceptors (Lipinski definition) is 2. The molecule has 0 aliphatic heterocycles. The first kappa shape index (κ1) is 14.0. The van der Waals surface area contributed by atoms with Crippen LogP contribution in [0, 0.1) is 6.92 Å². The van der Waals surface area contributed by atoms with E-state index in [9.17, 15) is 0 Å². The Morgan fingerprint density at radius 2 is 1.83 bits per heavy atom. The molecule has 2 heterocycles. The van der Waals surface area contributed by atoms with Crippen LogP contribution in [0.25, 0.3) is 27.8 Å². The highest BCUT2D eigenvalue weighted by Gasteiger charge is 2.10. The molecule has 4 aromatic rings. The number of pyridine rings is 1. The molecule has 0 radical (unpaired) electrons. The van der Waals surface area contributed by atoms with Crippen molar-refractivity contribution in [2.24, 2.45) is 0 Å². The van der Waals surface area contributed by atoms with Gasteiger partial charge < -0.3 is 4.57 Å². The summed E-state index contributed by atoms with van der Waals surface area (Å²) < 4.78 is 2.03. The fourth-order valence-corrected chi connectivity index (χ4v) is 2.87. The number of aryl methyl sites for hydroxylation is 1. The van der Waals surface area contributed by atoms with Crippen LogP contribution in [0.2, 0.25) is 5.02 Å². The van der Waals surface area contributed by atoms with Gasteiger partial charge in [-0.2, -0.15) is 0 Å². The van der Waals surface area contributed by atoms with Crippen LogP contribution in [0.15, 0.2) is 67.1 Å². The molecule has 0 bridgehead atoms. The number of benzene rings is 2. The van der Waals surface area contributed by atoms with Gasteiger partial charge in [0.25, 0.3) is 0 Å². The Morgan fingerprint density at radius 3 is 2.57 bits per heavy atom. The van der Waals surface area contributed by atoms with Crippen LogP contribution in [0.3, 0.4) is 0 Å². The van der Waals surface area contributed by atoms with Crippen molar-refractivity contribution in [2.75, 3.05) is 0 Å². The number of halogens is 1. The summed E-state index contributed by atoms with van der Waals surface area (Å²) in [6, 6.07) is 18.0. The lowest BCUT2D eigenvalue weighted by atomic mass is 10.1. The first-order chi connectivity index (χ1) is 11.2. The zero-order valence-corrected chi connectivity index (χ0v) is 13.3. The van der Waals surface area contributed by atoms with Crippen LogP contribution < -0.4 is 0 Å². The normalized spacial score (nSPS) is 11.0. The van der Waals surface area contributed by atoms with Crippen molar-refractivity contribution in [3.8, 4) is 16.9 Å². The van der Waals surface area contributed by atoms with Gasteiger partial charge in [-0.1, -0.05) is 41.9 Å². The lowest BCUT2D eigenvalue weighted by Gasteiger charge is -2.11. The predicted molar refractivity (Wildman–Crippen MR) is 94.0 cm³/mol. The molecule has 3 nitrogen and oxygen atoms in total. The van der Waals surface area contributed by atoms with Gasteiger partial charge in [0, 0.05) is 22.2 Å². The van der Waals surface area contributed by atoms with Crippen LogP contribution in [0.5, 0.6) is 0 Å². The van der Waals surface area contributed by atoms with Gasteiger partial charge in [-0.25, -0.2) is 9.97 Å². The second-order valence-corrected chi connectivity index (χ2v) is 5.91. The quantitative estimate of drug-likeness (QED) is 0.517. The fraction of sp³-hybridized carbons (Fsp3) is 0.0526. The minimum atomic E-state index is 0.683. The third-order valence-electron chi connectivity index (χ3n) is 3.81. The highest BCUT2D eigenvalue weighted by molar-refractivity contribution is 6.31. The lowest BCUT2D eigenvalue weighted by Crippen LogP contribution is -1.96. The van der Waals surface area contributed by atoms with Crippen LogP contribution in [-0.4, -0.2) is 14.5 Å². The SMILES string of the molecule is Cc1cn(-c2cc(-c3ccccc3)nc3cc(Cl)ccc23)cn1. The minimum absolute atomic E-state index is 0.683. The molecule has 0 spiro atoms. The van der Waals surface area contributed by atoms with Crippen LogP contribution in [0.4, 0.5) is 0 Å². The molecule has 0 fully saturated rings. The van der Waals surface area contributed by atoms with E-state index in [0.29, 0.717) is 5.02 Å². The number of fused-ring (bicyclic) bond motifs is 1. The van der Waals surface area contributed by atoms with Crippen molar-refractivity contribution in [1.82, 2.24) is 14.5 Å². The monoisotopic (exact) mass is 319 g/mol. The van der Waals surface area contributed by atoms with E-state index < -0.39 is 0 Å². The highest BCUT2D eigenvalue weighted by atomic mass is 35.5. The van der Waals surface area contributed by atoms with Crippen molar-refractivity contribution < 1.29 is 0 Å². The van der Waals surface area contributed by atoms with Crippen molar-refractivity contribution >= 4 is 22.5 Å². The third kappa shape index (κ3) is 2.60.